The Labute approximate surface area is 97.9 Å². The Kier molecular flexibility index (Phi) is 7.39. The van der Waals surface area contributed by atoms with Gasteiger partial charge in [0.2, 0.25) is 0 Å². The molecule has 0 saturated heterocycles. The van der Waals surface area contributed by atoms with Crippen LogP contribution in [0.2, 0.25) is 0 Å². The Morgan fingerprint density at radius 3 is 2.19 bits per heavy atom. The molecule has 0 amide bonds. The van der Waals surface area contributed by atoms with Crippen molar-refractivity contribution in [1.82, 2.24) is 0 Å². The molecule has 0 heterocycles. The maximum atomic E-state index is 11.9. The fourth-order valence-corrected chi connectivity index (χ4v) is 2.04. The second-order valence-corrected chi connectivity index (χ2v) is 5.04. The summed E-state index contributed by atoms with van der Waals surface area (Å²) >= 11 is 0. The Balaban J connectivity index is 4.40. The van der Waals surface area contributed by atoms with Crippen LogP contribution in [0.25, 0.3) is 0 Å². The molecule has 4 nitrogen and oxygen atoms in total. The number of allylic oxidation sites excluding steroid dienone is 2. The maximum absolute atomic E-state index is 11.9. The lowest BCUT2D eigenvalue weighted by atomic mass is 10.2. The van der Waals surface area contributed by atoms with Crippen molar-refractivity contribution in [3.63, 3.8) is 0 Å². The first-order valence-electron chi connectivity index (χ1n) is 5.39. The van der Waals surface area contributed by atoms with Gasteiger partial charge in [0.15, 0.2) is 0 Å². The lowest BCUT2D eigenvalue weighted by Gasteiger charge is -2.16. The standard InChI is InChI=1S/C11H21O4P/c1-6-13-16(12,14-7-2)15-11(5)9-8-10(3)4/h8-10H,5-7H2,1-4H3/b9-8+. The number of phosphoric acid groups is 1. The van der Waals surface area contributed by atoms with Crippen molar-refractivity contribution in [2.75, 3.05) is 13.2 Å². The van der Waals surface area contributed by atoms with Gasteiger partial charge in [-0.1, -0.05) is 26.5 Å². The van der Waals surface area contributed by atoms with Crippen molar-refractivity contribution in [1.29, 1.82) is 0 Å². The molecule has 0 aromatic heterocycles. The largest absolute Gasteiger partial charge is 0.530 e. The van der Waals surface area contributed by atoms with Crippen LogP contribution in [0.15, 0.2) is 24.5 Å². The van der Waals surface area contributed by atoms with E-state index in [4.69, 9.17) is 13.6 Å². The molecule has 0 radical (unpaired) electrons. The summed E-state index contributed by atoms with van der Waals surface area (Å²) in [6.07, 6.45) is 3.56. The van der Waals surface area contributed by atoms with Crippen LogP contribution in [-0.4, -0.2) is 13.2 Å². The van der Waals surface area contributed by atoms with E-state index < -0.39 is 7.82 Å². The SMILES string of the molecule is C=C(/C=C/C(C)C)OP(=O)(OCC)OCC. The third-order valence-electron chi connectivity index (χ3n) is 1.47. The maximum Gasteiger partial charge on any atom is 0.530 e. The normalized spacial score (nSPS) is 12.3. The van der Waals surface area contributed by atoms with Gasteiger partial charge in [-0.25, -0.2) is 4.57 Å². The van der Waals surface area contributed by atoms with Crippen LogP contribution in [0.5, 0.6) is 0 Å². The molecular weight excluding hydrogens is 227 g/mol. The minimum absolute atomic E-state index is 0.262. The average Bonchev–Trinajstić information content (AvgIpc) is 2.15. The zero-order chi connectivity index (χ0) is 12.6. The summed E-state index contributed by atoms with van der Waals surface area (Å²) in [5, 5.41) is 0. The molecule has 16 heavy (non-hydrogen) atoms. The van der Waals surface area contributed by atoms with Gasteiger partial charge in [0.05, 0.1) is 13.2 Å². The molecule has 0 fully saturated rings. The Morgan fingerprint density at radius 1 is 1.31 bits per heavy atom. The predicted molar refractivity (Wildman–Crippen MR) is 65.1 cm³/mol. The van der Waals surface area contributed by atoms with E-state index >= 15 is 0 Å². The molecule has 0 bridgehead atoms. The first kappa shape index (κ1) is 15.4. The van der Waals surface area contributed by atoms with Crippen LogP contribution in [0.1, 0.15) is 27.7 Å². The van der Waals surface area contributed by atoms with Gasteiger partial charge in [-0.2, -0.15) is 0 Å². The molecule has 0 N–H and O–H groups in total. The van der Waals surface area contributed by atoms with E-state index in [0.717, 1.165) is 0 Å². The van der Waals surface area contributed by atoms with E-state index in [9.17, 15) is 4.57 Å². The summed E-state index contributed by atoms with van der Waals surface area (Å²) in [7, 11) is -3.49. The Hall–Kier alpha value is -0.570. The van der Waals surface area contributed by atoms with Crippen LogP contribution in [0.3, 0.4) is 0 Å². The van der Waals surface area contributed by atoms with Gasteiger partial charge >= 0.3 is 7.82 Å². The highest BCUT2D eigenvalue weighted by Crippen LogP contribution is 2.51. The van der Waals surface area contributed by atoms with Crippen LogP contribution in [0.4, 0.5) is 0 Å². The molecule has 0 rings (SSSR count). The monoisotopic (exact) mass is 248 g/mol. The van der Waals surface area contributed by atoms with E-state index in [1.54, 1.807) is 19.9 Å². The average molecular weight is 248 g/mol. The van der Waals surface area contributed by atoms with Gasteiger partial charge in [0, 0.05) is 0 Å². The van der Waals surface area contributed by atoms with Gasteiger partial charge in [0.25, 0.3) is 0 Å². The topological polar surface area (TPSA) is 44.8 Å². The van der Waals surface area contributed by atoms with Gasteiger partial charge in [-0.05, 0) is 25.8 Å². The molecule has 0 spiro atoms. The quantitative estimate of drug-likeness (QED) is 0.371. The minimum Gasteiger partial charge on any atom is -0.405 e. The van der Waals surface area contributed by atoms with Crippen LogP contribution in [0, 0.1) is 5.92 Å². The molecule has 0 unspecified atom stereocenters. The third-order valence-corrected chi connectivity index (χ3v) is 3.08. The van der Waals surface area contributed by atoms with Gasteiger partial charge in [-0.3, -0.25) is 9.05 Å². The molecule has 0 aromatic rings. The molecule has 0 aliphatic rings. The number of hydrogen-bond donors (Lipinski definition) is 0. The van der Waals surface area contributed by atoms with Crippen molar-refractivity contribution in [2.45, 2.75) is 27.7 Å². The van der Waals surface area contributed by atoms with E-state index in [1.807, 2.05) is 19.9 Å². The molecule has 0 saturated carbocycles. The second kappa shape index (κ2) is 7.66. The lowest BCUT2D eigenvalue weighted by molar-refractivity contribution is 0.148. The third kappa shape index (κ3) is 6.83. The number of hydrogen-bond acceptors (Lipinski definition) is 4. The highest BCUT2D eigenvalue weighted by atomic mass is 31.2. The zero-order valence-electron chi connectivity index (χ0n) is 10.4. The number of rotatable bonds is 8. The molecule has 0 aliphatic heterocycles. The molecule has 5 heteroatoms. The van der Waals surface area contributed by atoms with Crippen molar-refractivity contribution >= 4 is 7.82 Å². The Morgan fingerprint density at radius 2 is 1.81 bits per heavy atom. The molecule has 94 valence electrons. The van der Waals surface area contributed by atoms with E-state index in [2.05, 4.69) is 6.58 Å². The van der Waals surface area contributed by atoms with E-state index in [1.165, 1.54) is 0 Å². The highest BCUT2D eigenvalue weighted by molar-refractivity contribution is 7.48. The fourth-order valence-electron chi connectivity index (χ4n) is 0.880. The summed E-state index contributed by atoms with van der Waals surface area (Å²) in [6.45, 7) is 11.7. The van der Waals surface area contributed by atoms with Crippen molar-refractivity contribution < 1.29 is 18.1 Å². The first-order valence-corrected chi connectivity index (χ1v) is 6.85. The second-order valence-electron chi connectivity index (χ2n) is 3.44. The van der Waals surface area contributed by atoms with Gasteiger partial charge < -0.3 is 4.52 Å². The van der Waals surface area contributed by atoms with Gasteiger partial charge in [0.1, 0.15) is 5.76 Å². The van der Waals surface area contributed by atoms with Crippen molar-refractivity contribution in [2.24, 2.45) is 5.92 Å². The van der Waals surface area contributed by atoms with Crippen molar-refractivity contribution in [3.8, 4) is 0 Å². The summed E-state index contributed by atoms with van der Waals surface area (Å²) in [5.41, 5.74) is 0. The highest BCUT2D eigenvalue weighted by Gasteiger charge is 2.26. The minimum atomic E-state index is -3.49. The summed E-state index contributed by atoms with van der Waals surface area (Å²) in [4.78, 5) is 0. The van der Waals surface area contributed by atoms with E-state index in [-0.39, 0.29) is 19.0 Å². The summed E-state index contributed by atoms with van der Waals surface area (Å²) < 4.78 is 26.9. The molecular formula is C11H21O4P. The molecule has 0 aromatic carbocycles. The summed E-state index contributed by atoms with van der Waals surface area (Å²) in [6, 6.07) is 0. The predicted octanol–water partition coefficient (Wildman–Crippen LogP) is 3.91. The lowest BCUT2D eigenvalue weighted by Crippen LogP contribution is -1.99. The van der Waals surface area contributed by atoms with Crippen LogP contribution < -0.4 is 0 Å². The molecule has 0 aliphatic carbocycles. The van der Waals surface area contributed by atoms with Gasteiger partial charge in [-0.15, -0.1) is 0 Å². The zero-order valence-corrected chi connectivity index (χ0v) is 11.3. The molecule has 0 atom stereocenters. The smallest absolute Gasteiger partial charge is 0.405 e. The summed E-state index contributed by atoms with van der Waals surface area (Å²) in [5.74, 6) is 0.651. The Bertz CT molecular complexity index is 274. The number of phosphoric ester groups is 1. The van der Waals surface area contributed by atoms with Crippen LogP contribution in [-0.2, 0) is 18.1 Å². The van der Waals surface area contributed by atoms with Crippen LogP contribution >= 0.6 is 7.82 Å². The fraction of sp³-hybridized carbons (Fsp3) is 0.636. The van der Waals surface area contributed by atoms with E-state index in [0.29, 0.717) is 5.92 Å². The van der Waals surface area contributed by atoms with Crippen molar-refractivity contribution in [3.05, 3.63) is 24.5 Å². The first-order chi connectivity index (χ1) is 7.43.